The van der Waals surface area contributed by atoms with Crippen LogP contribution in [0.5, 0.6) is 0 Å². The zero-order valence-corrected chi connectivity index (χ0v) is 11.4. The van der Waals surface area contributed by atoms with Gasteiger partial charge in [-0.2, -0.15) is 8.78 Å². The Balaban J connectivity index is 3.00. The van der Waals surface area contributed by atoms with Crippen LogP contribution >= 0.6 is 12.6 Å². The molecule has 0 aliphatic rings. The Morgan fingerprint density at radius 2 is 2.10 bits per heavy atom. The average Bonchev–Trinajstić information content (AvgIpc) is 2.37. The number of carboxylic acid groups (broad SMARTS) is 1. The van der Waals surface area contributed by atoms with Crippen LogP contribution in [0.4, 0.5) is 8.78 Å². The van der Waals surface area contributed by atoms with E-state index in [1.807, 2.05) is 0 Å². The Morgan fingerprint density at radius 3 is 2.60 bits per heavy atom. The molecule has 0 saturated carbocycles. The van der Waals surface area contributed by atoms with E-state index in [9.17, 15) is 18.4 Å². The summed E-state index contributed by atoms with van der Waals surface area (Å²) < 4.78 is 31.2. The Labute approximate surface area is 119 Å². The van der Waals surface area contributed by atoms with Crippen LogP contribution in [0.2, 0.25) is 0 Å². The van der Waals surface area contributed by atoms with Gasteiger partial charge in [-0.25, -0.2) is 9.59 Å². The first-order valence-corrected chi connectivity index (χ1v) is 6.03. The second kappa shape index (κ2) is 6.51. The summed E-state index contributed by atoms with van der Waals surface area (Å²) in [6, 6.07) is 3.17. The van der Waals surface area contributed by atoms with Gasteiger partial charge in [-0.05, 0) is 24.6 Å². The van der Waals surface area contributed by atoms with Gasteiger partial charge in [0.05, 0.1) is 6.61 Å². The van der Waals surface area contributed by atoms with Crippen molar-refractivity contribution in [1.82, 2.24) is 0 Å². The zero-order valence-electron chi connectivity index (χ0n) is 10.5. The molecule has 0 bridgehead atoms. The number of alkyl halides is 2. The highest BCUT2D eigenvalue weighted by atomic mass is 32.1. The van der Waals surface area contributed by atoms with E-state index in [0.29, 0.717) is 5.56 Å². The van der Waals surface area contributed by atoms with E-state index >= 15 is 0 Å². The van der Waals surface area contributed by atoms with Gasteiger partial charge in [0.15, 0.2) is 0 Å². The molecular weight excluding hydrogens is 290 g/mol. The van der Waals surface area contributed by atoms with Gasteiger partial charge in [-0.1, -0.05) is 12.1 Å². The number of ether oxygens (including phenoxy) is 1. The zero-order chi connectivity index (χ0) is 15.3. The number of esters is 1. The fraction of sp³-hybridized carbons (Fsp3) is 0.231. The average molecular weight is 302 g/mol. The fourth-order valence-electron chi connectivity index (χ4n) is 1.35. The molecular formula is C13H12F2O4S. The Hall–Kier alpha value is -1.89. The molecule has 0 atom stereocenters. The van der Waals surface area contributed by atoms with E-state index in [2.05, 4.69) is 17.4 Å². The summed E-state index contributed by atoms with van der Waals surface area (Å²) in [6.07, 6.45) is 2.48. The summed E-state index contributed by atoms with van der Waals surface area (Å²) in [5.74, 6) is -6.79. The molecule has 20 heavy (non-hydrogen) atoms. The van der Waals surface area contributed by atoms with Crippen molar-refractivity contribution in [2.24, 2.45) is 0 Å². The van der Waals surface area contributed by atoms with Crippen molar-refractivity contribution in [2.75, 3.05) is 6.61 Å². The lowest BCUT2D eigenvalue weighted by atomic mass is 10.1. The van der Waals surface area contributed by atoms with Crippen LogP contribution in [0, 0.1) is 0 Å². The number of benzene rings is 1. The Kier molecular flexibility index (Phi) is 5.26. The van der Waals surface area contributed by atoms with Gasteiger partial charge in [0.25, 0.3) is 0 Å². The molecule has 7 heteroatoms. The Morgan fingerprint density at radius 1 is 1.45 bits per heavy atom. The van der Waals surface area contributed by atoms with E-state index in [1.54, 1.807) is 6.92 Å². The van der Waals surface area contributed by atoms with Crippen molar-refractivity contribution in [1.29, 1.82) is 0 Å². The Bertz CT molecular complexity index is 555. The van der Waals surface area contributed by atoms with Crippen molar-refractivity contribution in [3.8, 4) is 0 Å². The van der Waals surface area contributed by atoms with Crippen LogP contribution < -0.4 is 0 Å². The summed E-state index contributed by atoms with van der Waals surface area (Å²) in [5.41, 5.74) is -0.283. The first kappa shape index (κ1) is 16.2. The predicted molar refractivity (Wildman–Crippen MR) is 70.9 cm³/mol. The summed E-state index contributed by atoms with van der Waals surface area (Å²) in [6.45, 7) is 1.87. The maximum Gasteiger partial charge on any atom is 0.379 e. The number of carbonyl (C=O) groups is 2. The number of hydrogen-bond donors (Lipinski definition) is 2. The third-order valence-electron chi connectivity index (χ3n) is 2.35. The van der Waals surface area contributed by atoms with Gasteiger partial charge >= 0.3 is 17.9 Å². The van der Waals surface area contributed by atoms with Gasteiger partial charge in [0.1, 0.15) is 0 Å². The number of hydrogen-bond acceptors (Lipinski definition) is 4. The van der Waals surface area contributed by atoms with Crippen LogP contribution in [0.1, 0.15) is 18.1 Å². The van der Waals surface area contributed by atoms with E-state index in [1.165, 1.54) is 12.1 Å². The molecule has 0 aliphatic carbocycles. The number of halogens is 2. The first-order valence-electron chi connectivity index (χ1n) is 5.58. The maximum atomic E-state index is 13.3. The summed E-state index contributed by atoms with van der Waals surface area (Å²) in [7, 11) is 0. The van der Waals surface area contributed by atoms with E-state index < -0.39 is 23.4 Å². The standard InChI is InChI=1S/C13H12F2O4S/c1-2-19-11(16)6-4-8-3-5-9(7-10(8)20)13(14,15)12(17)18/h3-7,20H,2H2,1H3,(H,17,18)/b6-4+. The van der Waals surface area contributed by atoms with E-state index in [0.717, 1.165) is 18.2 Å². The molecule has 1 aromatic carbocycles. The van der Waals surface area contributed by atoms with Gasteiger partial charge < -0.3 is 9.84 Å². The largest absolute Gasteiger partial charge is 0.477 e. The van der Waals surface area contributed by atoms with Crippen LogP contribution in [0.15, 0.2) is 29.2 Å². The normalized spacial score (nSPS) is 11.6. The molecule has 4 nitrogen and oxygen atoms in total. The molecule has 1 rings (SSSR count). The summed E-state index contributed by atoms with van der Waals surface area (Å²) in [5, 5.41) is 8.44. The molecule has 0 fully saturated rings. The van der Waals surface area contributed by atoms with Crippen LogP contribution in [-0.2, 0) is 20.2 Å². The van der Waals surface area contributed by atoms with Gasteiger partial charge in [-0.15, -0.1) is 12.6 Å². The molecule has 0 radical (unpaired) electrons. The van der Waals surface area contributed by atoms with Crippen molar-refractivity contribution in [3.05, 3.63) is 35.4 Å². The van der Waals surface area contributed by atoms with Crippen molar-refractivity contribution in [3.63, 3.8) is 0 Å². The van der Waals surface area contributed by atoms with Crippen molar-refractivity contribution < 1.29 is 28.2 Å². The van der Waals surface area contributed by atoms with Crippen LogP contribution in [-0.4, -0.2) is 23.7 Å². The SMILES string of the molecule is CCOC(=O)/C=C/c1ccc(C(F)(F)C(=O)O)cc1S. The highest BCUT2D eigenvalue weighted by Gasteiger charge is 2.41. The second-order valence-electron chi connectivity index (χ2n) is 3.74. The first-order chi connectivity index (χ1) is 9.28. The molecule has 1 N–H and O–H groups in total. The quantitative estimate of drug-likeness (QED) is 0.499. The second-order valence-corrected chi connectivity index (χ2v) is 4.22. The molecule has 0 spiro atoms. The van der Waals surface area contributed by atoms with E-state index in [-0.39, 0.29) is 11.5 Å². The molecule has 108 valence electrons. The highest BCUT2D eigenvalue weighted by Crippen LogP contribution is 2.31. The third-order valence-corrected chi connectivity index (χ3v) is 2.73. The molecule has 0 unspecified atom stereocenters. The van der Waals surface area contributed by atoms with Gasteiger partial charge in [-0.3, -0.25) is 0 Å². The summed E-state index contributed by atoms with van der Waals surface area (Å²) >= 11 is 3.99. The lowest BCUT2D eigenvalue weighted by Crippen LogP contribution is -2.25. The third kappa shape index (κ3) is 3.80. The topological polar surface area (TPSA) is 63.6 Å². The minimum Gasteiger partial charge on any atom is -0.477 e. The highest BCUT2D eigenvalue weighted by molar-refractivity contribution is 7.80. The minimum atomic E-state index is -3.99. The van der Waals surface area contributed by atoms with Crippen molar-refractivity contribution >= 4 is 30.6 Å². The van der Waals surface area contributed by atoms with Crippen LogP contribution in [0.3, 0.4) is 0 Å². The van der Waals surface area contributed by atoms with Crippen LogP contribution in [0.25, 0.3) is 6.08 Å². The fourth-order valence-corrected chi connectivity index (χ4v) is 1.64. The number of thiol groups is 1. The number of aliphatic carboxylic acids is 1. The molecule has 0 amide bonds. The maximum absolute atomic E-state index is 13.3. The van der Waals surface area contributed by atoms with Crippen molar-refractivity contribution in [2.45, 2.75) is 17.7 Å². The minimum absolute atomic E-state index is 0.129. The molecule has 0 aromatic heterocycles. The lowest BCUT2D eigenvalue weighted by Gasteiger charge is -2.12. The molecule has 0 saturated heterocycles. The van der Waals surface area contributed by atoms with Gasteiger partial charge in [0.2, 0.25) is 0 Å². The monoisotopic (exact) mass is 302 g/mol. The summed E-state index contributed by atoms with van der Waals surface area (Å²) in [4.78, 5) is 21.7. The molecule has 1 aromatic rings. The number of rotatable bonds is 5. The molecule has 0 heterocycles. The number of carbonyl (C=O) groups excluding carboxylic acids is 1. The smallest absolute Gasteiger partial charge is 0.379 e. The van der Waals surface area contributed by atoms with E-state index in [4.69, 9.17) is 5.11 Å². The lowest BCUT2D eigenvalue weighted by molar-refractivity contribution is -0.166. The van der Waals surface area contributed by atoms with Gasteiger partial charge in [0, 0.05) is 16.5 Å². The predicted octanol–water partition coefficient (Wildman–Crippen LogP) is 2.73. The molecule has 0 aliphatic heterocycles. The number of carboxylic acids is 1.